The Kier molecular flexibility index (Phi) is 5.12. The van der Waals surface area contributed by atoms with Gasteiger partial charge in [0.25, 0.3) is 18.2 Å². The van der Waals surface area contributed by atoms with Crippen molar-refractivity contribution >= 4 is 11.8 Å². The molecular weight excluding hydrogens is 368 g/mol. The van der Waals surface area contributed by atoms with Crippen molar-refractivity contribution in [1.82, 2.24) is 9.88 Å². The number of alkyl halides is 2. The molecule has 1 fully saturated rings. The Morgan fingerprint density at radius 2 is 2.14 bits per heavy atom. The molecule has 0 saturated carbocycles. The molecule has 1 atom stereocenters. The molecule has 1 aromatic carbocycles. The number of likely N-dealkylation sites (tertiary alicyclic amines) is 1. The van der Waals surface area contributed by atoms with Gasteiger partial charge in [0.05, 0.1) is 0 Å². The smallest absolute Gasteiger partial charge is 0.267 e. The molecule has 0 aliphatic carbocycles. The molecule has 0 bridgehead atoms. The Morgan fingerprint density at radius 1 is 1.39 bits per heavy atom. The van der Waals surface area contributed by atoms with E-state index in [2.05, 4.69) is 16.8 Å². The molecule has 0 spiro atoms. The molecular formula is C20H17F2N3O3. The zero-order chi connectivity index (χ0) is 20.5. The van der Waals surface area contributed by atoms with Crippen LogP contribution in [0.1, 0.15) is 34.5 Å². The number of halogens is 2. The first-order valence-corrected chi connectivity index (χ1v) is 8.41. The van der Waals surface area contributed by atoms with Crippen LogP contribution in [0.15, 0.2) is 36.5 Å². The second-order valence-electron chi connectivity index (χ2n) is 6.45. The maximum Gasteiger partial charge on any atom is 0.267 e. The van der Waals surface area contributed by atoms with Crippen LogP contribution in [0.25, 0.3) is 11.1 Å². The number of rotatable bonds is 3. The summed E-state index contributed by atoms with van der Waals surface area (Å²) in [5.74, 6) is 3.64. The maximum atomic E-state index is 13.4. The fourth-order valence-corrected chi connectivity index (χ4v) is 3.00. The standard InChI is InChI=1S/C20H17F2N3O3/c1-25-10-8-20(28,19(25)27)7-6-13-11-12(4-5-15(13)17(21)22)14-3-2-9-24-16(14)18(23)26/h2-5,9,11,17,28H,8,10H2,1H3,(H2,23,26)/t20-/m0/s1. The highest BCUT2D eigenvalue weighted by Gasteiger charge is 2.42. The predicted molar refractivity (Wildman–Crippen MR) is 97.2 cm³/mol. The number of amides is 2. The van der Waals surface area contributed by atoms with E-state index in [-0.39, 0.29) is 23.2 Å². The van der Waals surface area contributed by atoms with Gasteiger partial charge < -0.3 is 15.7 Å². The van der Waals surface area contributed by atoms with Gasteiger partial charge in [-0.3, -0.25) is 14.6 Å². The lowest BCUT2D eigenvalue weighted by Crippen LogP contribution is -2.37. The van der Waals surface area contributed by atoms with Crippen molar-refractivity contribution in [3.05, 3.63) is 53.3 Å². The summed E-state index contributed by atoms with van der Waals surface area (Å²) in [6, 6.07) is 7.15. The van der Waals surface area contributed by atoms with E-state index in [0.29, 0.717) is 17.7 Å². The van der Waals surface area contributed by atoms with Crippen molar-refractivity contribution in [2.75, 3.05) is 13.6 Å². The molecule has 0 radical (unpaired) electrons. The van der Waals surface area contributed by atoms with Crippen LogP contribution in [0.5, 0.6) is 0 Å². The topological polar surface area (TPSA) is 96.5 Å². The van der Waals surface area contributed by atoms with Crippen molar-refractivity contribution in [2.24, 2.45) is 5.73 Å². The van der Waals surface area contributed by atoms with Gasteiger partial charge in [-0.25, -0.2) is 8.78 Å². The zero-order valence-electron chi connectivity index (χ0n) is 14.9. The molecule has 1 saturated heterocycles. The normalized spacial score (nSPS) is 18.9. The number of aliphatic hydroxyl groups is 1. The maximum absolute atomic E-state index is 13.4. The van der Waals surface area contributed by atoms with Gasteiger partial charge in [0.1, 0.15) is 5.69 Å². The van der Waals surface area contributed by atoms with Crippen LogP contribution in [0.2, 0.25) is 0 Å². The van der Waals surface area contributed by atoms with E-state index in [1.54, 1.807) is 12.1 Å². The number of carbonyl (C=O) groups excluding carboxylic acids is 2. The van der Waals surface area contributed by atoms with Crippen LogP contribution in [0.3, 0.4) is 0 Å². The van der Waals surface area contributed by atoms with Crippen LogP contribution in [-0.4, -0.2) is 46.0 Å². The third kappa shape index (κ3) is 3.57. The van der Waals surface area contributed by atoms with E-state index in [1.807, 2.05) is 0 Å². The van der Waals surface area contributed by atoms with Crippen molar-refractivity contribution in [1.29, 1.82) is 0 Å². The van der Waals surface area contributed by atoms with Crippen LogP contribution in [-0.2, 0) is 4.79 Å². The lowest BCUT2D eigenvalue weighted by atomic mass is 9.96. The summed E-state index contributed by atoms with van der Waals surface area (Å²) >= 11 is 0. The van der Waals surface area contributed by atoms with E-state index in [1.165, 1.54) is 36.3 Å². The second-order valence-corrected chi connectivity index (χ2v) is 6.45. The molecule has 1 aliphatic rings. The quantitative estimate of drug-likeness (QED) is 0.787. The van der Waals surface area contributed by atoms with E-state index in [9.17, 15) is 23.5 Å². The van der Waals surface area contributed by atoms with Crippen molar-refractivity contribution in [3.63, 3.8) is 0 Å². The van der Waals surface area contributed by atoms with Crippen molar-refractivity contribution in [2.45, 2.75) is 18.4 Å². The van der Waals surface area contributed by atoms with Crippen LogP contribution in [0, 0.1) is 11.8 Å². The van der Waals surface area contributed by atoms with E-state index >= 15 is 0 Å². The Balaban J connectivity index is 2.10. The van der Waals surface area contributed by atoms with Crippen molar-refractivity contribution in [3.8, 4) is 23.0 Å². The van der Waals surface area contributed by atoms with Crippen LogP contribution in [0.4, 0.5) is 8.78 Å². The molecule has 1 aliphatic heterocycles. The summed E-state index contributed by atoms with van der Waals surface area (Å²) in [6.45, 7) is 0.323. The number of likely N-dealkylation sites (N-methyl/N-ethyl adjacent to an activating group) is 1. The van der Waals surface area contributed by atoms with E-state index < -0.39 is 23.8 Å². The molecule has 2 heterocycles. The number of hydrogen-bond acceptors (Lipinski definition) is 4. The van der Waals surface area contributed by atoms with Gasteiger partial charge in [-0.1, -0.05) is 30.0 Å². The van der Waals surface area contributed by atoms with Crippen LogP contribution >= 0.6 is 0 Å². The number of aromatic nitrogens is 1. The molecule has 1 aromatic heterocycles. The minimum Gasteiger partial charge on any atom is -0.369 e. The largest absolute Gasteiger partial charge is 0.369 e. The highest BCUT2D eigenvalue weighted by Crippen LogP contribution is 2.29. The molecule has 6 nitrogen and oxygen atoms in total. The third-order valence-corrected chi connectivity index (χ3v) is 4.55. The molecule has 2 amide bonds. The molecule has 3 N–H and O–H groups in total. The first-order valence-electron chi connectivity index (χ1n) is 8.41. The highest BCUT2D eigenvalue weighted by atomic mass is 19.3. The van der Waals surface area contributed by atoms with Gasteiger partial charge in [-0.2, -0.15) is 0 Å². The zero-order valence-corrected chi connectivity index (χ0v) is 14.9. The minimum atomic E-state index is -2.81. The van der Waals surface area contributed by atoms with E-state index in [4.69, 9.17) is 5.73 Å². The van der Waals surface area contributed by atoms with Crippen molar-refractivity contribution < 1.29 is 23.5 Å². The fourth-order valence-electron chi connectivity index (χ4n) is 3.00. The van der Waals surface area contributed by atoms with Gasteiger partial charge in [0, 0.05) is 42.9 Å². The first kappa shape index (κ1) is 19.5. The molecule has 0 unspecified atom stereocenters. The summed E-state index contributed by atoms with van der Waals surface area (Å²) in [7, 11) is 1.53. The van der Waals surface area contributed by atoms with Gasteiger partial charge in [0.2, 0.25) is 5.60 Å². The monoisotopic (exact) mass is 385 g/mol. The number of primary amides is 1. The Morgan fingerprint density at radius 3 is 2.75 bits per heavy atom. The molecule has 3 rings (SSSR count). The second kappa shape index (κ2) is 7.37. The summed E-state index contributed by atoms with van der Waals surface area (Å²) < 4.78 is 26.8. The molecule has 144 valence electrons. The Bertz CT molecular complexity index is 1010. The lowest BCUT2D eigenvalue weighted by molar-refractivity contribution is -0.137. The summed E-state index contributed by atoms with van der Waals surface area (Å²) in [4.78, 5) is 28.9. The lowest BCUT2D eigenvalue weighted by Gasteiger charge is -2.14. The van der Waals surface area contributed by atoms with E-state index in [0.717, 1.165) is 0 Å². The van der Waals surface area contributed by atoms with Gasteiger partial charge in [-0.05, 0) is 17.7 Å². The number of benzene rings is 1. The Hall–Kier alpha value is -3.31. The summed E-state index contributed by atoms with van der Waals surface area (Å²) in [6.07, 6.45) is -1.32. The number of carbonyl (C=O) groups is 2. The van der Waals surface area contributed by atoms with Gasteiger partial charge in [0.15, 0.2) is 0 Å². The fraction of sp³-hybridized carbons (Fsp3) is 0.250. The summed E-state index contributed by atoms with van der Waals surface area (Å²) in [5.41, 5.74) is 3.81. The van der Waals surface area contributed by atoms with Crippen LogP contribution < -0.4 is 5.73 Å². The highest BCUT2D eigenvalue weighted by molar-refractivity contribution is 5.98. The molecule has 28 heavy (non-hydrogen) atoms. The number of hydrogen-bond donors (Lipinski definition) is 2. The third-order valence-electron chi connectivity index (χ3n) is 4.55. The van der Waals surface area contributed by atoms with Gasteiger partial charge >= 0.3 is 0 Å². The first-order chi connectivity index (χ1) is 13.2. The summed E-state index contributed by atoms with van der Waals surface area (Å²) in [5, 5.41) is 10.4. The number of pyridine rings is 1. The Labute approximate surface area is 160 Å². The number of nitrogens with two attached hydrogens (primary N) is 1. The van der Waals surface area contributed by atoms with Gasteiger partial charge in [-0.15, -0.1) is 0 Å². The average molecular weight is 385 g/mol. The molecule has 2 aromatic rings. The SMILES string of the molecule is CN1CC[C@@](O)(C#Cc2cc(-c3cccnc3C(N)=O)ccc2C(F)F)C1=O. The number of nitrogens with zero attached hydrogens (tertiary/aromatic N) is 2. The average Bonchev–Trinajstić information content (AvgIpc) is 2.94. The molecule has 8 heteroatoms. The minimum absolute atomic E-state index is 0.00238. The predicted octanol–water partition coefficient (Wildman–Crippen LogP) is 1.73.